The van der Waals surface area contributed by atoms with E-state index in [2.05, 4.69) is 0 Å². The smallest absolute Gasteiger partial charge is 0.332 e. The standard InChI is InChI=1S/C8H10O4/c9-7(10)4-6(8(11)12)5-2-1-3-5/h4-5H,1-3H2,(H,9,10)(H,11,12)/b6-4-. The average molecular weight is 170 g/mol. The van der Waals surface area contributed by atoms with Gasteiger partial charge < -0.3 is 10.2 Å². The van der Waals surface area contributed by atoms with Crippen molar-refractivity contribution in [1.29, 1.82) is 0 Å². The van der Waals surface area contributed by atoms with Gasteiger partial charge in [0.25, 0.3) is 0 Å². The van der Waals surface area contributed by atoms with Crippen molar-refractivity contribution in [2.45, 2.75) is 19.3 Å². The van der Waals surface area contributed by atoms with Gasteiger partial charge in [-0.1, -0.05) is 6.42 Å². The molecule has 1 rings (SSSR count). The Labute approximate surface area is 69.5 Å². The van der Waals surface area contributed by atoms with E-state index >= 15 is 0 Å². The lowest BCUT2D eigenvalue weighted by molar-refractivity contribution is -0.135. The first-order chi connectivity index (χ1) is 5.61. The van der Waals surface area contributed by atoms with Gasteiger partial charge in [0.1, 0.15) is 0 Å². The normalized spacial score (nSPS) is 18.5. The molecule has 1 aliphatic rings. The van der Waals surface area contributed by atoms with Crippen molar-refractivity contribution in [2.24, 2.45) is 5.92 Å². The second kappa shape index (κ2) is 3.38. The topological polar surface area (TPSA) is 74.6 Å². The minimum atomic E-state index is -1.18. The van der Waals surface area contributed by atoms with Gasteiger partial charge in [0, 0.05) is 11.6 Å². The summed E-state index contributed by atoms with van der Waals surface area (Å²) in [6, 6.07) is 0. The molecule has 1 saturated carbocycles. The zero-order valence-electron chi connectivity index (χ0n) is 6.49. The number of carboxylic acids is 2. The molecule has 66 valence electrons. The van der Waals surface area contributed by atoms with Gasteiger partial charge in [0.05, 0.1) is 0 Å². The zero-order chi connectivity index (χ0) is 9.14. The lowest BCUT2D eigenvalue weighted by Gasteiger charge is -2.25. The van der Waals surface area contributed by atoms with E-state index < -0.39 is 11.9 Å². The van der Waals surface area contributed by atoms with Crippen LogP contribution in [0.5, 0.6) is 0 Å². The molecule has 1 fully saturated rings. The summed E-state index contributed by atoms with van der Waals surface area (Å²) < 4.78 is 0. The third-order valence-corrected chi connectivity index (χ3v) is 2.07. The highest BCUT2D eigenvalue weighted by molar-refractivity contribution is 5.95. The van der Waals surface area contributed by atoms with Gasteiger partial charge in [0.2, 0.25) is 0 Å². The van der Waals surface area contributed by atoms with Crippen molar-refractivity contribution in [3.8, 4) is 0 Å². The highest BCUT2D eigenvalue weighted by Crippen LogP contribution is 2.32. The number of rotatable bonds is 3. The Morgan fingerprint density at radius 1 is 1.25 bits per heavy atom. The molecule has 0 heterocycles. The summed E-state index contributed by atoms with van der Waals surface area (Å²) >= 11 is 0. The first-order valence-electron chi connectivity index (χ1n) is 3.79. The largest absolute Gasteiger partial charge is 0.478 e. The van der Waals surface area contributed by atoms with E-state index in [0.29, 0.717) is 0 Å². The number of hydrogen-bond acceptors (Lipinski definition) is 2. The molecule has 0 radical (unpaired) electrons. The van der Waals surface area contributed by atoms with Gasteiger partial charge in [-0.05, 0) is 18.8 Å². The van der Waals surface area contributed by atoms with Crippen LogP contribution in [0.4, 0.5) is 0 Å². The van der Waals surface area contributed by atoms with Crippen LogP contribution in [0, 0.1) is 5.92 Å². The summed E-state index contributed by atoms with van der Waals surface area (Å²) in [5, 5.41) is 17.0. The maximum Gasteiger partial charge on any atom is 0.332 e. The molecular weight excluding hydrogens is 160 g/mol. The lowest BCUT2D eigenvalue weighted by Crippen LogP contribution is -2.20. The van der Waals surface area contributed by atoms with E-state index in [4.69, 9.17) is 10.2 Å². The van der Waals surface area contributed by atoms with E-state index in [1.165, 1.54) is 0 Å². The molecule has 0 aromatic rings. The summed E-state index contributed by atoms with van der Waals surface area (Å²) in [5.41, 5.74) is 0.0359. The zero-order valence-corrected chi connectivity index (χ0v) is 6.49. The average Bonchev–Trinajstić information content (AvgIpc) is 1.80. The molecule has 0 aromatic heterocycles. The van der Waals surface area contributed by atoms with Gasteiger partial charge in [0.15, 0.2) is 0 Å². The first-order valence-corrected chi connectivity index (χ1v) is 3.79. The van der Waals surface area contributed by atoms with Gasteiger partial charge in [-0.15, -0.1) is 0 Å². The minimum absolute atomic E-state index is 0.0359. The number of carbonyl (C=O) groups is 2. The fourth-order valence-electron chi connectivity index (χ4n) is 1.21. The Kier molecular flexibility index (Phi) is 2.47. The molecule has 0 amide bonds. The van der Waals surface area contributed by atoms with Gasteiger partial charge in [-0.25, -0.2) is 9.59 Å². The van der Waals surface area contributed by atoms with Crippen LogP contribution >= 0.6 is 0 Å². The summed E-state index contributed by atoms with van der Waals surface area (Å²) in [5.74, 6) is -2.33. The maximum absolute atomic E-state index is 10.5. The molecule has 4 nitrogen and oxygen atoms in total. The van der Waals surface area contributed by atoms with Gasteiger partial charge >= 0.3 is 11.9 Å². The van der Waals surface area contributed by atoms with Crippen LogP contribution in [0.25, 0.3) is 0 Å². The predicted octanol–water partition coefficient (Wildman–Crippen LogP) is 0.882. The second-order valence-corrected chi connectivity index (χ2v) is 2.87. The van der Waals surface area contributed by atoms with E-state index in [-0.39, 0.29) is 11.5 Å². The van der Waals surface area contributed by atoms with Crippen LogP contribution < -0.4 is 0 Å². The molecule has 0 unspecified atom stereocenters. The van der Waals surface area contributed by atoms with E-state index in [0.717, 1.165) is 25.3 Å². The summed E-state index contributed by atoms with van der Waals surface area (Å²) in [6.07, 6.45) is 3.39. The molecule has 0 spiro atoms. The van der Waals surface area contributed by atoms with Crippen LogP contribution in [-0.2, 0) is 9.59 Å². The molecule has 0 aromatic carbocycles. The fourth-order valence-corrected chi connectivity index (χ4v) is 1.21. The fraction of sp³-hybridized carbons (Fsp3) is 0.500. The molecule has 0 atom stereocenters. The van der Waals surface area contributed by atoms with Crippen LogP contribution in [0.15, 0.2) is 11.6 Å². The third-order valence-electron chi connectivity index (χ3n) is 2.07. The summed E-state index contributed by atoms with van der Waals surface area (Å²) in [7, 11) is 0. The molecule has 0 bridgehead atoms. The summed E-state index contributed by atoms with van der Waals surface area (Å²) in [4.78, 5) is 20.8. The quantitative estimate of drug-likeness (QED) is 0.616. The van der Waals surface area contributed by atoms with E-state index in [1.807, 2.05) is 0 Å². The van der Waals surface area contributed by atoms with Crippen LogP contribution in [0.2, 0.25) is 0 Å². The van der Waals surface area contributed by atoms with Crippen molar-refractivity contribution in [2.75, 3.05) is 0 Å². The molecule has 1 aliphatic carbocycles. The lowest BCUT2D eigenvalue weighted by atomic mass is 9.79. The molecule has 0 saturated heterocycles. The Morgan fingerprint density at radius 3 is 2.08 bits per heavy atom. The summed E-state index contributed by atoms with van der Waals surface area (Å²) in [6.45, 7) is 0. The van der Waals surface area contributed by atoms with Gasteiger partial charge in [-0.3, -0.25) is 0 Å². The van der Waals surface area contributed by atoms with Crippen LogP contribution in [0.3, 0.4) is 0 Å². The van der Waals surface area contributed by atoms with E-state index in [1.54, 1.807) is 0 Å². The first kappa shape index (κ1) is 8.77. The SMILES string of the molecule is O=C(O)/C=C(\C(=O)O)C1CCC1. The Bertz CT molecular complexity index is 237. The Hall–Kier alpha value is -1.32. The molecule has 12 heavy (non-hydrogen) atoms. The highest BCUT2D eigenvalue weighted by Gasteiger charge is 2.26. The monoisotopic (exact) mass is 170 g/mol. The number of aliphatic carboxylic acids is 2. The van der Waals surface area contributed by atoms with Crippen LogP contribution in [0.1, 0.15) is 19.3 Å². The maximum atomic E-state index is 10.5. The van der Waals surface area contributed by atoms with Crippen molar-refractivity contribution >= 4 is 11.9 Å². The minimum Gasteiger partial charge on any atom is -0.478 e. The second-order valence-electron chi connectivity index (χ2n) is 2.87. The number of hydrogen-bond donors (Lipinski definition) is 2. The van der Waals surface area contributed by atoms with Crippen LogP contribution in [-0.4, -0.2) is 22.2 Å². The van der Waals surface area contributed by atoms with Crippen molar-refractivity contribution in [3.05, 3.63) is 11.6 Å². The van der Waals surface area contributed by atoms with Gasteiger partial charge in [-0.2, -0.15) is 0 Å². The highest BCUT2D eigenvalue weighted by atomic mass is 16.4. The Morgan fingerprint density at radius 2 is 1.83 bits per heavy atom. The Balaban J connectivity index is 2.73. The van der Waals surface area contributed by atoms with E-state index in [9.17, 15) is 9.59 Å². The molecule has 2 N–H and O–H groups in total. The van der Waals surface area contributed by atoms with Crippen molar-refractivity contribution < 1.29 is 19.8 Å². The van der Waals surface area contributed by atoms with Crippen molar-refractivity contribution in [3.63, 3.8) is 0 Å². The predicted molar refractivity (Wildman–Crippen MR) is 40.7 cm³/mol. The third kappa shape index (κ3) is 1.84. The molecule has 0 aliphatic heterocycles. The molecular formula is C8H10O4. The molecule has 4 heteroatoms. The number of carboxylic acid groups (broad SMARTS) is 2. The van der Waals surface area contributed by atoms with Crippen molar-refractivity contribution in [1.82, 2.24) is 0 Å².